The van der Waals surface area contributed by atoms with Gasteiger partial charge in [0.05, 0.1) is 0 Å². The van der Waals surface area contributed by atoms with Crippen molar-refractivity contribution in [2.24, 2.45) is 5.41 Å². The topological polar surface area (TPSA) is 50.4 Å². The Kier molecular flexibility index (Phi) is 4.05. The Bertz CT molecular complexity index is 273. The first-order chi connectivity index (χ1) is 8.09. The number of hydrogen-bond donors (Lipinski definition) is 2. The van der Waals surface area contributed by atoms with Gasteiger partial charge in [-0.25, -0.2) is 0 Å². The number of rotatable bonds is 3. The zero-order valence-electron chi connectivity index (χ0n) is 10.9. The minimum atomic E-state index is -0.207. The second-order valence-corrected chi connectivity index (χ2v) is 5.85. The maximum absolute atomic E-state index is 11.8. The average molecular weight is 240 g/mol. The third kappa shape index (κ3) is 3.19. The number of amides is 1. The maximum atomic E-state index is 11.8. The van der Waals surface area contributed by atoms with Crippen molar-refractivity contribution in [3.63, 3.8) is 0 Å². The highest BCUT2D eigenvalue weighted by molar-refractivity contribution is 5.80. The number of hydrogen-bond acceptors (Lipinski definition) is 3. The van der Waals surface area contributed by atoms with Crippen LogP contribution in [0.1, 0.15) is 39.5 Å². The molecule has 2 heterocycles. The molecule has 2 unspecified atom stereocenters. The van der Waals surface area contributed by atoms with Crippen molar-refractivity contribution in [1.82, 2.24) is 10.6 Å². The lowest BCUT2D eigenvalue weighted by molar-refractivity contribution is -0.130. The fourth-order valence-electron chi connectivity index (χ4n) is 2.72. The van der Waals surface area contributed by atoms with Crippen LogP contribution in [0.2, 0.25) is 0 Å². The van der Waals surface area contributed by atoms with Gasteiger partial charge in [-0.3, -0.25) is 4.79 Å². The molecule has 1 amide bonds. The van der Waals surface area contributed by atoms with E-state index in [2.05, 4.69) is 24.5 Å². The largest absolute Gasteiger partial charge is 0.368 e. The van der Waals surface area contributed by atoms with E-state index in [-0.39, 0.29) is 17.4 Å². The molecule has 0 aliphatic carbocycles. The van der Waals surface area contributed by atoms with Crippen LogP contribution in [-0.4, -0.2) is 37.7 Å². The zero-order chi connectivity index (χ0) is 12.3. The molecule has 4 nitrogen and oxygen atoms in total. The first-order valence-electron chi connectivity index (χ1n) is 6.72. The quantitative estimate of drug-likeness (QED) is 0.775. The highest BCUT2D eigenvalue weighted by Gasteiger charge is 2.33. The summed E-state index contributed by atoms with van der Waals surface area (Å²) in [5, 5.41) is 6.52. The molecule has 4 heteroatoms. The van der Waals surface area contributed by atoms with E-state index in [1.807, 2.05) is 0 Å². The molecule has 2 N–H and O–H groups in total. The van der Waals surface area contributed by atoms with Crippen LogP contribution in [0.25, 0.3) is 0 Å². The van der Waals surface area contributed by atoms with Gasteiger partial charge in [0.15, 0.2) is 0 Å². The SMILES string of the molecule is CC1(C)CCCNC1CNC(=O)C1CCCO1. The van der Waals surface area contributed by atoms with Crippen LogP contribution in [0.3, 0.4) is 0 Å². The third-order valence-corrected chi connectivity index (χ3v) is 4.03. The van der Waals surface area contributed by atoms with Crippen LogP contribution in [0, 0.1) is 5.41 Å². The Labute approximate surface area is 103 Å². The molecule has 0 radical (unpaired) electrons. The standard InChI is InChI=1S/C13H24N2O2/c1-13(2)6-4-7-14-11(13)9-15-12(16)10-5-3-8-17-10/h10-11,14H,3-9H2,1-2H3,(H,15,16). The van der Waals surface area contributed by atoms with E-state index in [0.29, 0.717) is 12.6 Å². The summed E-state index contributed by atoms with van der Waals surface area (Å²) >= 11 is 0. The highest BCUT2D eigenvalue weighted by atomic mass is 16.5. The molecule has 0 spiro atoms. The third-order valence-electron chi connectivity index (χ3n) is 4.03. The summed E-state index contributed by atoms with van der Waals surface area (Å²) in [7, 11) is 0. The lowest BCUT2D eigenvalue weighted by Gasteiger charge is -2.39. The summed E-state index contributed by atoms with van der Waals surface area (Å²) in [4.78, 5) is 11.8. The highest BCUT2D eigenvalue weighted by Crippen LogP contribution is 2.29. The molecule has 2 aliphatic rings. The van der Waals surface area contributed by atoms with Crippen LogP contribution in [0.4, 0.5) is 0 Å². The fraction of sp³-hybridized carbons (Fsp3) is 0.923. The molecule has 0 saturated carbocycles. The van der Waals surface area contributed by atoms with Crippen molar-refractivity contribution in [3.05, 3.63) is 0 Å². The maximum Gasteiger partial charge on any atom is 0.249 e. The van der Waals surface area contributed by atoms with Crippen LogP contribution in [0.15, 0.2) is 0 Å². The molecule has 0 bridgehead atoms. The van der Waals surface area contributed by atoms with Gasteiger partial charge in [-0.05, 0) is 37.6 Å². The van der Waals surface area contributed by atoms with Gasteiger partial charge in [-0.1, -0.05) is 13.8 Å². The molecule has 2 fully saturated rings. The summed E-state index contributed by atoms with van der Waals surface area (Å²) < 4.78 is 5.37. The molecule has 2 saturated heterocycles. The number of carbonyl (C=O) groups is 1. The molecule has 2 aliphatic heterocycles. The van der Waals surface area contributed by atoms with E-state index in [1.54, 1.807) is 0 Å². The van der Waals surface area contributed by atoms with Gasteiger partial charge in [0.1, 0.15) is 6.10 Å². The lowest BCUT2D eigenvalue weighted by Crippen LogP contribution is -2.53. The first kappa shape index (κ1) is 12.8. The van der Waals surface area contributed by atoms with E-state index in [9.17, 15) is 4.79 Å². The number of nitrogens with one attached hydrogen (secondary N) is 2. The number of piperidine rings is 1. The molecule has 0 aromatic carbocycles. The Morgan fingerprint density at radius 1 is 1.47 bits per heavy atom. The molecule has 2 atom stereocenters. The number of ether oxygens (including phenoxy) is 1. The molecule has 2 rings (SSSR count). The second kappa shape index (κ2) is 5.36. The summed E-state index contributed by atoms with van der Waals surface area (Å²) in [5.74, 6) is 0.0608. The van der Waals surface area contributed by atoms with Gasteiger partial charge < -0.3 is 15.4 Å². The summed E-state index contributed by atoms with van der Waals surface area (Å²) in [6, 6.07) is 0.376. The van der Waals surface area contributed by atoms with E-state index < -0.39 is 0 Å². The van der Waals surface area contributed by atoms with Gasteiger partial charge in [0, 0.05) is 19.2 Å². The average Bonchev–Trinajstić information content (AvgIpc) is 2.80. The number of carbonyl (C=O) groups excluding carboxylic acids is 1. The minimum Gasteiger partial charge on any atom is -0.368 e. The molecule has 17 heavy (non-hydrogen) atoms. The predicted octanol–water partition coefficient (Wildman–Crippen LogP) is 1.06. The molecular weight excluding hydrogens is 216 g/mol. The Balaban J connectivity index is 1.78. The van der Waals surface area contributed by atoms with Crippen molar-refractivity contribution < 1.29 is 9.53 Å². The monoisotopic (exact) mass is 240 g/mol. The smallest absolute Gasteiger partial charge is 0.249 e. The molecule has 98 valence electrons. The van der Waals surface area contributed by atoms with Gasteiger partial charge in [-0.15, -0.1) is 0 Å². The van der Waals surface area contributed by atoms with Crippen molar-refractivity contribution in [3.8, 4) is 0 Å². The van der Waals surface area contributed by atoms with Crippen molar-refractivity contribution in [2.45, 2.75) is 51.7 Å². The predicted molar refractivity (Wildman–Crippen MR) is 66.8 cm³/mol. The van der Waals surface area contributed by atoms with E-state index >= 15 is 0 Å². The van der Waals surface area contributed by atoms with Crippen molar-refractivity contribution in [2.75, 3.05) is 19.7 Å². The second-order valence-electron chi connectivity index (χ2n) is 5.85. The minimum absolute atomic E-state index is 0.0608. The van der Waals surface area contributed by atoms with Gasteiger partial charge in [0.2, 0.25) is 5.91 Å². The Morgan fingerprint density at radius 2 is 2.29 bits per heavy atom. The summed E-state index contributed by atoms with van der Waals surface area (Å²) in [6.45, 7) is 7.03. The van der Waals surface area contributed by atoms with E-state index in [1.165, 1.54) is 12.8 Å². The van der Waals surface area contributed by atoms with E-state index in [0.717, 1.165) is 26.0 Å². The van der Waals surface area contributed by atoms with E-state index in [4.69, 9.17) is 4.74 Å². The van der Waals surface area contributed by atoms with Crippen molar-refractivity contribution in [1.29, 1.82) is 0 Å². The van der Waals surface area contributed by atoms with Crippen LogP contribution >= 0.6 is 0 Å². The molecule has 0 aromatic rings. The Hall–Kier alpha value is -0.610. The van der Waals surface area contributed by atoms with Gasteiger partial charge >= 0.3 is 0 Å². The van der Waals surface area contributed by atoms with Crippen LogP contribution < -0.4 is 10.6 Å². The summed E-state index contributed by atoms with van der Waals surface area (Å²) in [5.41, 5.74) is 0.266. The van der Waals surface area contributed by atoms with Crippen LogP contribution in [0.5, 0.6) is 0 Å². The Morgan fingerprint density at radius 3 is 2.94 bits per heavy atom. The lowest BCUT2D eigenvalue weighted by atomic mass is 9.77. The normalized spacial score (nSPS) is 32.4. The van der Waals surface area contributed by atoms with Crippen molar-refractivity contribution >= 4 is 5.91 Å². The van der Waals surface area contributed by atoms with Crippen LogP contribution in [-0.2, 0) is 9.53 Å². The summed E-state index contributed by atoms with van der Waals surface area (Å²) in [6.07, 6.45) is 4.11. The molecule has 0 aromatic heterocycles. The van der Waals surface area contributed by atoms with Gasteiger partial charge in [0.25, 0.3) is 0 Å². The molecular formula is C13H24N2O2. The fourth-order valence-corrected chi connectivity index (χ4v) is 2.72. The zero-order valence-corrected chi connectivity index (χ0v) is 10.9. The first-order valence-corrected chi connectivity index (χ1v) is 6.72. The van der Waals surface area contributed by atoms with Gasteiger partial charge in [-0.2, -0.15) is 0 Å².